The summed E-state index contributed by atoms with van der Waals surface area (Å²) in [7, 11) is 3.26. The molecule has 0 spiro atoms. The first-order chi connectivity index (χ1) is 22.5. The van der Waals surface area contributed by atoms with E-state index in [1.54, 1.807) is 32.6 Å². The number of amides is 1. The van der Waals surface area contributed by atoms with Crippen LogP contribution in [0.25, 0.3) is 11.1 Å². The van der Waals surface area contributed by atoms with E-state index in [0.717, 1.165) is 37.9 Å². The van der Waals surface area contributed by atoms with Crippen LogP contribution in [0.4, 0.5) is 0 Å². The molecule has 1 amide bonds. The maximum absolute atomic E-state index is 14.5. The summed E-state index contributed by atoms with van der Waals surface area (Å²) in [5, 5.41) is 3.05. The van der Waals surface area contributed by atoms with Gasteiger partial charge in [0.2, 0.25) is 5.91 Å². The lowest BCUT2D eigenvalue weighted by Crippen LogP contribution is -2.31. The Morgan fingerprint density at radius 3 is 1.67 bits per heavy atom. The third kappa shape index (κ3) is 6.30. The lowest BCUT2D eigenvalue weighted by atomic mass is 9.71. The number of halogens is 1. The third-order valence-corrected chi connectivity index (χ3v) is 8.78. The molecule has 6 rings (SSSR count). The summed E-state index contributed by atoms with van der Waals surface area (Å²) in [6.07, 6.45) is 1.60. The van der Waals surface area contributed by atoms with Crippen molar-refractivity contribution >= 4 is 38.8 Å². The average Bonchev–Trinajstić information content (AvgIpc) is 3.11. The molecular weight excluding hydrogens is 638 g/mol. The number of Topliss-reactive ketones (excluding diaryl/α,β-unsaturated/α-hetero) is 1. The van der Waals surface area contributed by atoms with Crippen LogP contribution >= 0.6 is 15.9 Å². The van der Waals surface area contributed by atoms with Crippen LogP contribution < -0.4 is 14.8 Å². The molecule has 0 fully saturated rings. The number of hydrogen-bond donors (Lipinski definition) is 1. The molecule has 228 valence electrons. The minimum absolute atomic E-state index is 0.175. The summed E-state index contributed by atoms with van der Waals surface area (Å²) in [5.74, 6) is -0.276. The largest absolute Gasteiger partial charge is 0.497 e. The van der Waals surface area contributed by atoms with Crippen molar-refractivity contribution in [3.63, 3.8) is 0 Å². The summed E-state index contributed by atoms with van der Waals surface area (Å²) in [4.78, 5) is 28.9. The van der Waals surface area contributed by atoms with E-state index in [4.69, 9.17) is 9.47 Å². The number of hydrogen-bond acceptors (Lipinski definition) is 4. The Hall–Kier alpha value is -5.20. The van der Waals surface area contributed by atoms with Gasteiger partial charge in [0.25, 0.3) is 0 Å². The zero-order valence-electron chi connectivity index (χ0n) is 25.4. The molecule has 46 heavy (non-hydrogen) atoms. The number of carbonyl (C=O) groups excluding carboxylic acids is 2. The number of benzene rings is 5. The quantitative estimate of drug-likeness (QED) is 0.168. The number of nitrogens with one attached hydrogen (secondary N) is 1. The van der Waals surface area contributed by atoms with Gasteiger partial charge in [0.1, 0.15) is 11.5 Å². The van der Waals surface area contributed by atoms with Crippen molar-refractivity contribution in [3.05, 3.63) is 178 Å². The highest BCUT2D eigenvalue weighted by atomic mass is 79.9. The minimum atomic E-state index is -0.706. The smallest absolute Gasteiger partial charge is 0.235 e. The standard InChI is InChI=1S/C40H32BrNO4/c1-45-32-21-15-27(16-22-32)35-34(39(43)30-11-7-4-8-12-30)25-42-40(44)38(29-13-19-31(41)20-14-29)37(28-17-23-33(46-2)24-18-28)36(35)26-9-5-3-6-10-26/h3-25,35,38H,1-2H3,(H,42,44)/b34-25+,37-36-. The van der Waals surface area contributed by atoms with Crippen LogP contribution in [0.5, 0.6) is 11.5 Å². The van der Waals surface area contributed by atoms with Gasteiger partial charge in [-0.25, -0.2) is 0 Å². The van der Waals surface area contributed by atoms with E-state index >= 15 is 0 Å². The molecule has 5 aromatic carbocycles. The number of ketones is 1. The summed E-state index contributed by atoms with van der Waals surface area (Å²) < 4.78 is 11.9. The fourth-order valence-corrected chi connectivity index (χ4v) is 6.28. The molecule has 1 aliphatic rings. The molecule has 6 heteroatoms. The molecule has 0 saturated heterocycles. The van der Waals surface area contributed by atoms with E-state index in [2.05, 4.69) is 21.2 Å². The highest BCUT2D eigenvalue weighted by Crippen LogP contribution is 2.49. The Balaban J connectivity index is 1.74. The van der Waals surface area contributed by atoms with E-state index in [1.807, 2.05) is 121 Å². The summed E-state index contributed by atoms with van der Waals surface area (Å²) in [5.41, 5.74) is 6.07. The van der Waals surface area contributed by atoms with Crippen molar-refractivity contribution in [2.24, 2.45) is 0 Å². The molecule has 0 saturated carbocycles. The van der Waals surface area contributed by atoms with E-state index < -0.39 is 11.8 Å². The predicted molar refractivity (Wildman–Crippen MR) is 186 cm³/mol. The Bertz CT molecular complexity index is 1900. The normalized spacial score (nSPS) is 19.2. The molecule has 0 radical (unpaired) electrons. The van der Waals surface area contributed by atoms with Gasteiger partial charge in [-0.05, 0) is 69.8 Å². The Kier molecular flexibility index (Phi) is 9.27. The van der Waals surface area contributed by atoms with Crippen molar-refractivity contribution in [3.8, 4) is 11.5 Å². The first kappa shape index (κ1) is 30.8. The van der Waals surface area contributed by atoms with Crippen molar-refractivity contribution < 1.29 is 19.1 Å². The van der Waals surface area contributed by atoms with Crippen LogP contribution in [0, 0.1) is 0 Å². The van der Waals surface area contributed by atoms with E-state index in [-0.39, 0.29) is 11.7 Å². The van der Waals surface area contributed by atoms with Crippen LogP contribution in [0.15, 0.2) is 150 Å². The topological polar surface area (TPSA) is 64.6 Å². The first-order valence-corrected chi connectivity index (χ1v) is 15.7. The fourth-order valence-electron chi connectivity index (χ4n) is 6.01. The Morgan fingerprint density at radius 2 is 1.09 bits per heavy atom. The summed E-state index contributed by atoms with van der Waals surface area (Å²) in [6, 6.07) is 42.5. The molecule has 5 nitrogen and oxygen atoms in total. The van der Waals surface area contributed by atoms with Gasteiger partial charge in [-0.15, -0.1) is 0 Å². The van der Waals surface area contributed by atoms with Crippen molar-refractivity contribution in [1.82, 2.24) is 5.32 Å². The third-order valence-electron chi connectivity index (χ3n) is 8.25. The van der Waals surface area contributed by atoms with Gasteiger partial charge < -0.3 is 14.8 Å². The van der Waals surface area contributed by atoms with E-state index in [0.29, 0.717) is 22.6 Å². The van der Waals surface area contributed by atoms with Crippen molar-refractivity contribution in [2.45, 2.75) is 11.8 Å². The second-order valence-corrected chi connectivity index (χ2v) is 11.8. The SMILES string of the molecule is COc1ccc(/C2=C(\c3ccccc3)C(c3ccc(OC)cc3)/C(C(=O)c3ccccc3)=C\NC(=O)C2c2ccc(Br)cc2)cc1. The maximum Gasteiger partial charge on any atom is 0.235 e. The molecule has 0 aliphatic carbocycles. The molecular formula is C40H32BrNO4. The minimum Gasteiger partial charge on any atom is -0.497 e. The fraction of sp³-hybridized carbons (Fsp3) is 0.100. The molecule has 1 heterocycles. The molecule has 1 N–H and O–H groups in total. The van der Waals surface area contributed by atoms with Crippen LogP contribution in [-0.4, -0.2) is 25.9 Å². The zero-order chi connectivity index (χ0) is 32.0. The average molecular weight is 671 g/mol. The highest BCUT2D eigenvalue weighted by Gasteiger charge is 2.37. The Labute approximate surface area is 277 Å². The predicted octanol–water partition coefficient (Wildman–Crippen LogP) is 8.84. The van der Waals surface area contributed by atoms with Gasteiger partial charge >= 0.3 is 0 Å². The lowest BCUT2D eigenvalue weighted by molar-refractivity contribution is -0.120. The highest BCUT2D eigenvalue weighted by molar-refractivity contribution is 9.10. The molecule has 0 bridgehead atoms. The molecule has 5 aromatic rings. The van der Waals surface area contributed by atoms with Gasteiger partial charge in [0.05, 0.1) is 20.1 Å². The van der Waals surface area contributed by atoms with Crippen LogP contribution in [0.3, 0.4) is 0 Å². The maximum atomic E-state index is 14.5. The lowest BCUT2D eigenvalue weighted by Gasteiger charge is -2.33. The van der Waals surface area contributed by atoms with Crippen molar-refractivity contribution in [1.29, 1.82) is 0 Å². The summed E-state index contributed by atoms with van der Waals surface area (Å²) in [6.45, 7) is 0. The number of ether oxygens (including phenoxy) is 2. The number of carbonyl (C=O) groups is 2. The van der Waals surface area contributed by atoms with E-state index in [1.165, 1.54) is 0 Å². The number of rotatable bonds is 8. The van der Waals surface area contributed by atoms with Crippen LogP contribution in [-0.2, 0) is 4.79 Å². The van der Waals surface area contributed by atoms with Gasteiger partial charge in [-0.3, -0.25) is 9.59 Å². The summed E-state index contributed by atoms with van der Waals surface area (Å²) >= 11 is 3.55. The van der Waals surface area contributed by atoms with Gasteiger partial charge in [-0.1, -0.05) is 113 Å². The second-order valence-electron chi connectivity index (χ2n) is 10.9. The Morgan fingerprint density at radius 1 is 0.609 bits per heavy atom. The van der Waals surface area contributed by atoms with Gasteiger partial charge in [0.15, 0.2) is 5.78 Å². The molecule has 2 unspecified atom stereocenters. The van der Waals surface area contributed by atoms with Gasteiger partial charge in [0, 0.05) is 27.7 Å². The van der Waals surface area contributed by atoms with Crippen LogP contribution in [0.1, 0.15) is 44.4 Å². The zero-order valence-corrected chi connectivity index (χ0v) is 27.0. The number of allylic oxidation sites excluding steroid dienone is 2. The second kappa shape index (κ2) is 13.8. The number of methoxy groups -OCH3 is 2. The first-order valence-electron chi connectivity index (χ1n) is 14.9. The molecule has 0 aromatic heterocycles. The molecule has 2 atom stereocenters. The van der Waals surface area contributed by atoms with E-state index in [9.17, 15) is 9.59 Å². The molecule has 1 aliphatic heterocycles. The monoisotopic (exact) mass is 669 g/mol. The van der Waals surface area contributed by atoms with Crippen molar-refractivity contribution in [2.75, 3.05) is 14.2 Å². The van der Waals surface area contributed by atoms with Crippen LogP contribution in [0.2, 0.25) is 0 Å². The van der Waals surface area contributed by atoms with Gasteiger partial charge in [-0.2, -0.15) is 0 Å².